The standard InChI is InChI=1S/C11H7F3N4OS/c1-19-7-4-2-3-6(5-7)8-17-18-9(11(12,13)14)15-16-10(18)20-8/h2-5H,1H3. The largest absolute Gasteiger partial charge is 0.497 e. The number of aromatic nitrogens is 4. The first-order valence-electron chi connectivity index (χ1n) is 5.43. The molecule has 0 amide bonds. The van der Waals surface area contributed by atoms with Gasteiger partial charge in [0.05, 0.1) is 7.11 Å². The Morgan fingerprint density at radius 3 is 2.75 bits per heavy atom. The molecule has 3 aromatic rings. The van der Waals surface area contributed by atoms with Crippen LogP contribution in [-0.4, -0.2) is 26.9 Å². The van der Waals surface area contributed by atoms with Crippen molar-refractivity contribution in [2.45, 2.75) is 6.18 Å². The lowest BCUT2D eigenvalue weighted by Crippen LogP contribution is -2.11. The van der Waals surface area contributed by atoms with Crippen molar-refractivity contribution in [3.63, 3.8) is 0 Å². The monoisotopic (exact) mass is 300 g/mol. The topological polar surface area (TPSA) is 52.3 Å². The van der Waals surface area contributed by atoms with Gasteiger partial charge in [-0.2, -0.15) is 22.8 Å². The van der Waals surface area contributed by atoms with Crippen LogP contribution in [0.15, 0.2) is 24.3 Å². The van der Waals surface area contributed by atoms with E-state index in [0.29, 0.717) is 20.8 Å². The van der Waals surface area contributed by atoms with Gasteiger partial charge >= 0.3 is 6.18 Å². The van der Waals surface area contributed by atoms with Crippen molar-refractivity contribution < 1.29 is 17.9 Å². The molecule has 0 aliphatic rings. The molecule has 0 saturated heterocycles. The molecule has 2 heterocycles. The third-order valence-electron chi connectivity index (χ3n) is 2.56. The quantitative estimate of drug-likeness (QED) is 0.730. The predicted molar refractivity (Wildman–Crippen MR) is 65.6 cm³/mol. The average Bonchev–Trinajstić information content (AvgIpc) is 2.97. The van der Waals surface area contributed by atoms with Crippen molar-refractivity contribution in [2.75, 3.05) is 7.11 Å². The molecule has 0 atom stereocenters. The number of benzene rings is 1. The van der Waals surface area contributed by atoms with Crippen LogP contribution in [0.25, 0.3) is 15.5 Å². The lowest BCUT2D eigenvalue weighted by molar-refractivity contribution is -0.146. The van der Waals surface area contributed by atoms with Crippen molar-refractivity contribution in [1.29, 1.82) is 0 Å². The minimum Gasteiger partial charge on any atom is -0.497 e. The highest BCUT2D eigenvalue weighted by atomic mass is 32.1. The number of nitrogens with zero attached hydrogens (tertiary/aromatic N) is 4. The Morgan fingerprint density at radius 1 is 1.25 bits per heavy atom. The van der Waals surface area contributed by atoms with Gasteiger partial charge in [-0.05, 0) is 12.1 Å². The van der Waals surface area contributed by atoms with Gasteiger partial charge in [0.25, 0.3) is 5.82 Å². The molecule has 0 N–H and O–H groups in total. The van der Waals surface area contributed by atoms with E-state index in [2.05, 4.69) is 15.3 Å². The van der Waals surface area contributed by atoms with E-state index in [0.717, 1.165) is 11.3 Å². The maximum Gasteiger partial charge on any atom is 0.453 e. The summed E-state index contributed by atoms with van der Waals surface area (Å²) < 4.78 is 43.9. The first-order valence-corrected chi connectivity index (χ1v) is 6.24. The minimum absolute atomic E-state index is 0.0927. The summed E-state index contributed by atoms with van der Waals surface area (Å²) in [5.41, 5.74) is 0.660. The fraction of sp³-hybridized carbons (Fsp3) is 0.182. The second kappa shape index (κ2) is 4.44. The molecule has 5 nitrogen and oxygen atoms in total. The molecular weight excluding hydrogens is 293 g/mol. The SMILES string of the molecule is COc1cccc(-c2nn3c(C(F)(F)F)nnc3s2)c1. The number of alkyl halides is 3. The van der Waals surface area contributed by atoms with E-state index in [1.54, 1.807) is 24.3 Å². The number of halogens is 3. The highest BCUT2D eigenvalue weighted by Gasteiger charge is 2.38. The van der Waals surface area contributed by atoms with Gasteiger partial charge in [-0.15, -0.1) is 10.2 Å². The molecule has 9 heteroatoms. The van der Waals surface area contributed by atoms with E-state index in [-0.39, 0.29) is 4.96 Å². The molecule has 1 aromatic carbocycles. The number of ether oxygens (including phenoxy) is 1. The Labute approximate surface area is 114 Å². The molecule has 104 valence electrons. The summed E-state index contributed by atoms with van der Waals surface area (Å²) in [6.45, 7) is 0. The van der Waals surface area contributed by atoms with Crippen LogP contribution in [0.5, 0.6) is 5.75 Å². The molecule has 0 radical (unpaired) electrons. The van der Waals surface area contributed by atoms with Gasteiger partial charge in [-0.3, -0.25) is 0 Å². The van der Waals surface area contributed by atoms with Crippen LogP contribution >= 0.6 is 11.3 Å². The van der Waals surface area contributed by atoms with E-state index in [1.807, 2.05) is 0 Å². The van der Waals surface area contributed by atoms with Crippen LogP contribution in [0.2, 0.25) is 0 Å². The van der Waals surface area contributed by atoms with E-state index in [9.17, 15) is 13.2 Å². The Kier molecular flexibility index (Phi) is 2.85. The van der Waals surface area contributed by atoms with Crippen LogP contribution in [0.4, 0.5) is 13.2 Å². The fourth-order valence-electron chi connectivity index (χ4n) is 1.67. The smallest absolute Gasteiger partial charge is 0.453 e. The lowest BCUT2D eigenvalue weighted by atomic mass is 10.2. The lowest BCUT2D eigenvalue weighted by Gasteiger charge is -2.01. The van der Waals surface area contributed by atoms with Gasteiger partial charge < -0.3 is 4.74 Å². The second-order valence-corrected chi connectivity index (χ2v) is 4.81. The summed E-state index contributed by atoms with van der Waals surface area (Å²) in [5, 5.41) is 10.9. The van der Waals surface area contributed by atoms with Crippen molar-refractivity contribution in [1.82, 2.24) is 19.8 Å². The molecule has 0 aliphatic carbocycles. The first kappa shape index (κ1) is 12.9. The molecule has 20 heavy (non-hydrogen) atoms. The third kappa shape index (κ3) is 2.09. The Balaban J connectivity index is 2.11. The number of rotatable bonds is 2. The molecule has 0 unspecified atom stereocenters. The number of hydrogen-bond donors (Lipinski definition) is 0. The van der Waals surface area contributed by atoms with Crippen LogP contribution in [-0.2, 0) is 6.18 Å². The maximum absolute atomic E-state index is 12.7. The van der Waals surface area contributed by atoms with Crippen molar-refractivity contribution in [3.05, 3.63) is 30.1 Å². The van der Waals surface area contributed by atoms with Gasteiger partial charge in [0.1, 0.15) is 10.8 Å². The maximum atomic E-state index is 12.7. The molecular formula is C11H7F3N4OS. The summed E-state index contributed by atoms with van der Waals surface area (Å²) >= 11 is 1.03. The Hall–Kier alpha value is -2.16. The predicted octanol–water partition coefficient (Wildman–Crippen LogP) is 2.88. The Morgan fingerprint density at radius 2 is 2.05 bits per heavy atom. The first-order chi connectivity index (χ1) is 9.49. The zero-order valence-corrected chi connectivity index (χ0v) is 10.9. The van der Waals surface area contributed by atoms with E-state index in [4.69, 9.17) is 4.74 Å². The van der Waals surface area contributed by atoms with Crippen LogP contribution in [0, 0.1) is 0 Å². The summed E-state index contributed by atoms with van der Waals surface area (Å²) in [6.07, 6.45) is -4.58. The summed E-state index contributed by atoms with van der Waals surface area (Å²) in [5.74, 6) is -0.526. The van der Waals surface area contributed by atoms with Crippen molar-refractivity contribution >= 4 is 16.3 Å². The van der Waals surface area contributed by atoms with Gasteiger partial charge in [0, 0.05) is 5.56 Å². The van der Waals surface area contributed by atoms with Crippen LogP contribution in [0.1, 0.15) is 5.82 Å². The van der Waals surface area contributed by atoms with E-state index >= 15 is 0 Å². The number of hydrogen-bond acceptors (Lipinski definition) is 5. The van der Waals surface area contributed by atoms with E-state index < -0.39 is 12.0 Å². The highest BCUT2D eigenvalue weighted by molar-refractivity contribution is 7.19. The van der Waals surface area contributed by atoms with Crippen molar-refractivity contribution in [3.8, 4) is 16.3 Å². The molecule has 0 fully saturated rings. The zero-order chi connectivity index (χ0) is 14.3. The fourth-order valence-corrected chi connectivity index (χ4v) is 2.50. The average molecular weight is 300 g/mol. The Bertz CT molecular complexity index is 764. The normalized spacial score (nSPS) is 12.0. The molecule has 2 aromatic heterocycles. The summed E-state index contributed by atoms with van der Waals surface area (Å²) in [7, 11) is 1.51. The van der Waals surface area contributed by atoms with Gasteiger partial charge in [0.15, 0.2) is 0 Å². The van der Waals surface area contributed by atoms with E-state index in [1.165, 1.54) is 7.11 Å². The molecule has 0 aliphatic heterocycles. The van der Waals surface area contributed by atoms with Gasteiger partial charge in [-0.25, -0.2) is 0 Å². The molecule has 0 bridgehead atoms. The van der Waals surface area contributed by atoms with Crippen molar-refractivity contribution in [2.24, 2.45) is 0 Å². The van der Waals surface area contributed by atoms with Crippen LogP contribution < -0.4 is 4.74 Å². The summed E-state index contributed by atoms with van der Waals surface area (Å²) in [4.78, 5) is 0.0927. The summed E-state index contributed by atoms with van der Waals surface area (Å²) in [6, 6.07) is 6.91. The highest BCUT2D eigenvalue weighted by Crippen LogP contribution is 2.32. The number of methoxy groups -OCH3 is 1. The molecule has 0 spiro atoms. The molecule has 0 saturated carbocycles. The third-order valence-corrected chi connectivity index (χ3v) is 3.51. The molecule has 3 rings (SSSR count). The zero-order valence-electron chi connectivity index (χ0n) is 10.0. The number of fused-ring (bicyclic) bond motifs is 1. The van der Waals surface area contributed by atoms with Gasteiger partial charge in [0.2, 0.25) is 4.96 Å². The second-order valence-electron chi connectivity index (χ2n) is 3.85. The van der Waals surface area contributed by atoms with Crippen LogP contribution in [0.3, 0.4) is 0 Å². The van der Waals surface area contributed by atoms with Gasteiger partial charge in [-0.1, -0.05) is 23.5 Å². The minimum atomic E-state index is -4.58.